The van der Waals surface area contributed by atoms with Crippen molar-refractivity contribution in [1.82, 2.24) is 0 Å². The van der Waals surface area contributed by atoms with Gasteiger partial charge in [0.25, 0.3) is 0 Å². The predicted molar refractivity (Wildman–Crippen MR) is 144 cm³/mol. The van der Waals surface area contributed by atoms with Crippen LogP contribution in [0.25, 0.3) is 0 Å². The summed E-state index contributed by atoms with van der Waals surface area (Å²) in [5.41, 5.74) is 2.36. The molecule has 1 radical (unpaired) electrons. The van der Waals surface area contributed by atoms with Gasteiger partial charge in [0, 0.05) is 25.0 Å². The van der Waals surface area contributed by atoms with Crippen LogP contribution in [0.5, 0.6) is 23.0 Å². The molecule has 185 valence electrons. The number of para-hydroxylation sites is 2. The number of rotatable bonds is 12. The van der Waals surface area contributed by atoms with Gasteiger partial charge >= 0.3 is 15.9 Å². The lowest BCUT2D eigenvalue weighted by Gasteiger charge is -2.16. The highest BCUT2D eigenvalue weighted by molar-refractivity contribution is 6.17. The van der Waals surface area contributed by atoms with E-state index in [1.54, 1.807) is 0 Å². The lowest BCUT2D eigenvalue weighted by molar-refractivity contribution is 0.205. The second kappa shape index (κ2) is 14.5. The van der Waals surface area contributed by atoms with E-state index in [4.69, 9.17) is 17.1 Å². The Hall–Kier alpha value is -3.11. The van der Waals surface area contributed by atoms with Crippen LogP contribution in [0.4, 0.5) is 0 Å². The molecule has 4 aromatic rings. The second-order valence-electron chi connectivity index (χ2n) is 8.54. The Labute approximate surface area is 220 Å². The highest BCUT2D eigenvalue weighted by Gasteiger charge is 2.11. The molecule has 2 atom stereocenters. The molecule has 5 nitrogen and oxygen atoms in total. The third kappa shape index (κ3) is 8.53. The summed E-state index contributed by atoms with van der Waals surface area (Å²) < 4.78 is 23.7. The average molecular weight is 500 g/mol. The summed E-state index contributed by atoms with van der Waals surface area (Å²) in [6, 6.07) is 36.0. The van der Waals surface area contributed by atoms with Gasteiger partial charge in [-0.05, 0) is 59.7 Å². The number of benzene rings is 4. The third-order valence-corrected chi connectivity index (χ3v) is 6.30. The maximum Gasteiger partial charge on any atom is 0.668 e. The van der Waals surface area contributed by atoms with E-state index in [1.165, 1.54) is 11.1 Å². The molecule has 0 heterocycles. The Kier molecular flexibility index (Phi) is 11.0. The lowest BCUT2D eigenvalue weighted by Crippen LogP contribution is -2.13. The molecular weight excluding hydrogens is 467 g/mol. The van der Waals surface area contributed by atoms with Crippen LogP contribution in [-0.2, 0) is 7.58 Å². The van der Waals surface area contributed by atoms with Crippen molar-refractivity contribution in [2.24, 2.45) is 0 Å². The molecule has 4 rings (SSSR count). The average Bonchev–Trinajstić information content (AvgIpc) is 2.90. The summed E-state index contributed by atoms with van der Waals surface area (Å²) in [6.07, 6.45) is 0. The lowest BCUT2D eigenvalue weighted by atomic mass is 10.0. The van der Waals surface area contributed by atoms with E-state index >= 15 is 0 Å². The van der Waals surface area contributed by atoms with Crippen molar-refractivity contribution in [3.05, 3.63) is 120 Å². The summed E-state index contributed by atoms with van der Waals surface area (Å²) >= 11 is -0.532. The predicted octanol–water partition coefficient (Wildman–Crippen LogP) is 6.92. The van der Waals surface area contributed by atoms with Gasteiger partial charge in [0.2, 0.25) is 0 Å². The summed E-state index contributed by atoms with van der Waals surface area (Å²) in [5.74, 6) is 3.81. The maximum atomic E-state index is 5.95. The van der Waals surface area contributed by atoms with E-state index in [9.17, 15) is 0 Å². The van der Waals surface area contributed by atoms with Crippen molar-refractivity contribution in [2.45, 2.75) is 25.7 Å². The summed E-state index contributed by atoms with van der Waals surface area (Å²) in [6.45, 7) is 5.53. The van der Waals surface area contributed by atoms with E-state index in [-0.39, 0.29) is 17.3 Å². The Morgan fingerprint density at radius 2 is 0.917 bits per heavy atom. The molecule has 0 amide bonds. The van der Waals surface area contributed by atoms with E-state index < -0.39 is 15.9 Å². The molecule has 0 aliphatic heterocycles. The van der Waals surface area contributed by atoms with Crippen molar-refractivity contribution in [3.8, 4) is 23.0 Å². The van der Waals surface area contributed by atoms with Crippen LogP contribution in [0.15, 0.2) is 109 Å². The molecule has 4 aromatic carbocycles. The van der Waals surface area contributed by atoms with Crippen molar-refractivity contribution in [2.75, 3.05) is 13.2 Å². The van der Waals surface area contributed by atoms with Crippen LogP contribution in [0, 0.1) is 0 Å². The van der Waals surface area contributed by atoms with Gasteiger partial charge < -0.3 is 22.5 Å². The molecule has 2 unspecified atom stereocenters. The van der Waals surface area contributed by atoms with E-state index in [0.29, 0.717) is 13.2 Å². The van der Waals surface area contributed by atoms with Crippen molar-refractivity contribution >= 4 is 15.9 Å². The van der Waals surface area contributed by atoms with Crippen LogP contribution in [0.1, 0.15) is 36.8 Å². The van der Waals surface area contributed by atoms with Crippen LogP contribution in [0.3, 0.4) is 0 Å². The van der Waals surface area contributed by atoms with Crippen molar-refractivity contribution in [3.63, 3.8) is 0 Å². The zero-order valence-corrected chi connectivity index (χ0v) is 21.8. The molecule has 6 heteroatoms. The first-order valence-corrected chi connectivity index (χ1v) is 12.8. The standard InChI is InChI=1S/2C15H15O2.Al.H2O/c2*1-12(11-16)13-6-5-9-15(10-13)17-14-7-3-2-4-8-14;;/h2*2-10,12H,11H2,1H3;;1H2/q2*-1;+2;. The topological polar surface area (TPSA) is 68.4 Å². The van der Waals surface area contributed by atoms with Gasteiger partial charge in [0.05, 0.1) is 0 Å². The largest absolute Gasteiger partial charge is 0.668 e. The number of hydrogen-bond acceptors (Lipinski definition) is 4. The van der Waals surface area contributed by atoms with Crippen molar-refractivity contribution < 1.29 is 22.5 Å². The summed E-state index contributed by atoms with van der Waals surface area (Å²) in [5, 5.41) is 0. The zero-order chi connectivity index (χ0) is 24.3. The molecule has 0 bridgehead atoms. The van der Waals surface area contributed by atoms with E-state index in [0.717, 1.165) is 23.0 Å². The quantitative estimate of drug-likeness (QED) is 0.157. The van der Waals surface area contributed by atoms with Crippen LogP contribution < -0.4 is 9.47 Å². The maximum absolute atomic E-state index is 5.95. The highest BCUT2D eigenvalue weighted by Crippen LogP contribution is 2.27. The van der Waals surface area contributed by atoms with Gasteiger partial charge in [-0.3, -0.25) is 0 Å². The molecule has 0 saturated heterocycles. The van der Waals surface area contributed by atoms with Crippen LogP contribution in [-0.4, -0.2) is 34.6 Å². The first kappa shape index (κ1) is 27.5. The minimum Gasteiger partial charge on any atom is -0.483 e. The Morgan fingerprint density at radius 3 is 1.33 bits per heavy atom. The van der Waals surface area contributed by atoms with Gasteiger partial charge in [-0.1, -0.05) is 74.5 Å². The normalized spacial score (nSPS) is 12.2. The number of ether oxygens (including phenoxy) is 2. The SMILES string of the molecule is CC(C[O][Al][O]CC(C)c1cccc(Oc2ccccc2)c1)c1cccc(Oc2ccccc2)c1.O. The Balaban J connectivity index is 0.00000361. The summed E-state index contributed by atoms with van der Waals surface area (Å²) in [4.78, 5) is 0. The molecule has 0 aliphatic carbocycles. The Morgan fingerprint density at radius 1 is 0.528 bits per heavy atom. The highest BCUT2D eigenvalue weighted by atomic mass is 27.2. The molecular formula is C30H32AlO5. The van der Waals surface area contributed by atoms with Crippen LogP contribution >= 0.6 is 0 Å². The molecule has 0 spiro atoms. The monoisotopic (exact) mass is 499 g/mol. The minimum atomic E-state index is -0.532. The molecule has 0 aliphatic rings. The minimum absolute atomic E-state index is 0. The fourth-order valence-electron chi connectivity index (χ4n) is 3.63. The Bertz CT molecular complexity index is 1080. The van der Waals surface area contributed by atoms with Gasteiger partial charge in [-0.25, -0.2) is 0 Å². The molecule has 0 fully saturated rings. The van der Waals surface area contributed by atoms with Gasteiger partial charge in [0.1, 0.15) is 23.0 Å². The van der Waals surface area contributed by atoms with E-state index in [1.807, 2.05) is 84.9 Å². The fraction of sp³-hybridized carbons (Fsp3) is 0.200. The van der Waals surface area contributed by atoms with Gasteiger partial charge in [-0.15, -0.1) is 0 Å². The van der Waals surface area contributed by atoms with Gasteiger partial charge in [0.15, 0.2) is 0 Å². The first-order chi connectivity index (χ1) is 17.2. The van der Waals surface area contributed by atoms with E-state index in [2.05, 4.69) is 38.1 Å². The molecule has 0 saturated carbocycles. The number of hydrogen-bond donors (Lipinski definition) is 0. The third-order valence-electron chi connectivity index (χ3n) is 5.64. The second-order valence-corrected chi connectivity index (χ2v) is 9.40. The summed E-state index contributed by atoms with van der Waals surface area (Å²) in [7, 11) is 0. The smallest absolute Gasteiger partial charge is 0.483 e. The molecule has 0 aromatic heterocycles. The molecule has 2 N–H and O–H groups in total. The zero-order valence-electron chi connectivity index (χ0n) is 20.7. The van der Waals surface area contributed by atoms with Crippen molar-refractivity contribution in [1.29, 1.82) is 0 Å². The molecule has 36 heavy (non-hydrogen) atoms. The van der Waals surface area contributed by atoms with Gasteiger partial charge in [-0.2, -0.15) is 0 Å². The first-order valence-electron chi connectivity index (χ1n) is 11.9. The van der Waals surface area contributed by atoms with Crippen LogP contribution in [0.2, 0.25) is 0 Å². The fourth-order valence-corrected chi connectivity index (χ4v) is 4.46.